The highest BCUT2D eigenvalue weighted by Crippen LogP contribution is 2.29. The first-order valence-electron chi connectivity index (χ1n) is 8.53. The standard InChI is InChI=1S/C16H22F5NO5Si/c1-4-25-28(24-3,26-5-2)9-7-6-8-22-16(23)27-15-13(20)11(18)10(17)12(19)14(15)21/h4-9H2,1-3H3,(H,22,23). The monoisotopic (exact) mass is 431 g/mol. The van der Waals surface area contributed by atoms with E-state index in [2.05, 4.69) is 10.1 Å². The number of halogens is 5. The number of ether oxygens (including phenoxy) is 1. The summed E-state index contributed by atoms with van der Waals surface area (Å²) in [7, 11) is -1.32. The summed E-state index contributed by atoms with van der Waals surface area (Å²) in [4.78, 5) is 11.6. The number of hydrogen-bond donors (Lipinski definition) is 1. The Morgan fingerprint density at radius 2 is 1.39 bits per heavy atom. The van der Waals surface area contributed by atoms with Crippen molar-refractivity contribution in [1.82, 2.24) is 5.32 Å². The molecule has 0 spiro atoms. The molecular weight excluding hydrogens is 409 g/mol. The van der Waals surface area contributed by atoms with Crippen LogP contribution in [0.25, 0.3) is 0 Å². The first kappa shape index (κ1) is 24.3. The van der Waals surface area contributed by atoms with Crippen LogP contribution in [0.4, 0.5) is 26.7 Å². The lowest BCUT2D eigenvalue weighted by atomic mass is 10.2. The smallest absolute Gasteiger partial charge is 0.404 e. The number of carbonyl (C=O) groups excluding carboxylic acids is 1. The van der Waals surface area contributed by atoms with Crippen LogP contribution < -0.4 is 10.1 Å². The Bertz CT molecular complexity index is 644. The van der Waals surface area contributed by atoms with Crippen molar-refractivity contribution >= 4 is 14.9 Å². The van der Waals surface area contributed by atoms with E-state index in [-0.39, 0.29) is 6.54 Å². The van der Waals surface area contributed by atoms with E-state index in [9.17, 15) is 26.7 Å². The summed E-state index contributed by atoms with van der Waals surface area (Å²) in [5.74, 6) is -12.8. The third-order valence-electron chi connectivity index (χ3n) is 3.58. The lowest BCUT2D eigenvalue weighted by molar-refractivity contribution is 0.0860. The largest absolute Gasteiger partial charge is 0.500 e. The van der Waals surface area contributed by atoms with Crippen LogP contribution in [0.15, 0.2) is 0 Å². The number of nitrogens with one attached hydrogen (secondary N) is 1. The van der Waals surface area contributed by atoms with Gasteiger partial charge < -0.3 is 23.3 Å². The van der Waals surface area contributed by atoms with Gasteiger partial charge in [-0.25, -0.2) is 18.0 Å². The Balaban J connectivity index is 2.55. The second kappa shape index (κ2) is 11.3. The van der Waals surface area contributed by atoms with Gasteiger partial charge in [0.1, 0.15) is 0 Å². The minimum absolute atomic E-state index is 0.0284. The number of rotatable bonds is 11. The molecule has 0 saturated heterocycles. The summed E-state index contributed by atoms with van der Waals surface area (Å²) in [6, 6.07) is 0.472. The van der Waals surface area contributed by atoms with Crippen LogP contribution in [0.5, 0.6) is 5.75 Å². The number of unbranched alkanes of at least 4 members (excludes halogenated alkanes) is 1. The highest BCUT2D eigenvalue weighted by molar-refractivity contribution is 6.60. The van der Waals surface area contributed by atoms with E-state index in [4.69, 9.17) is 13.3 Å². The number of hydrogen-bond acceptors (Lipinski definition) is 5. The zero-order valence-corrected chi connectivity index (χ0v) is 16.7. The maximum Gasteiger partial charge on any atom is 0.500 e. The van der Waals surface area contributed by atoms with Gasteiger partial charge in [0, 0.05) is 32.9 Å². The molecule has 28 heavy (non-hydrogen) atoms. The van der Waals surface area contributed by atoms with Gasteiger partial charge in [-0.3, -0.25) is 0 Å². The predicted molar refractivity (Wildman–Crippen MR) is 90.3 cm³/mol. The first-order chi connectivity index (χ1) is 13.2. The van der Waals surface area contributed by atoms with Crippen LogP contribution in [-0.2, 0) is 13.3 Å². The molecule has 0 radical (unpaired) electrons. The second-order valence-corrected chi connectivity index (χ2v) is 8.28. The summed E-state index contributed by atoms with van der Waals surface area (Å²) in [6.45, 7) is 4.45. The molecule has 1 aromatic rings. The summed E-state index contributed by atoms with van der Waals surface area (Å²) in [5.41, 5.74) is 0. The molecule has 1 aromatic carbocycles. The fourth-order valence-corrected chi connectivity index (χ4v) is 4.68. The average molecular weight is 431 g/mol. The third-order valence-corrected chi connectivity index (χ3v) is 6.63. The normalized spacial score (nSPS) is 11.6. The van der Waals surface area contributed by atoms with E-state index in [1.165, 1.54) is 7.11 Å². The molecule has 0 aliphatic rings. The maximum atomic E-state index is 13.5. The van der Waals surface area contributed by atoms with Crippen molar-refractivity contribution in [2.75, 3.05) is 26.9 Å². The molecule has 6 nitrogen and oxygen atoms in total. The summed E-state index contributed by atoms with van der Waals surface area (Å²) in [6.07, 6.45) is -0.416. The van der Waals surface area contributed by atoms with Gasteiger partial charge in [-0.05, 0) is 26.7 Å². The van der Waals surface area contributed by atoms with Gasteiger partial charge in [0.15, 0.2) is 0 Å². The van der Waals surface area contributed by atoms with Gasteiger partial charge in [0.05, 0.1) is 0 Å². The molecule has 1 amide bonds. The molecule has 12 heteroatoms. The Morgan fingerprint density at radius 1 is 0.893 bits per heavy atom. The highest BCUT2D eigenvalue weighted by Gasteiger charge is 2.38. The fourth-order valence-electron chi connectivity index (χ4n) is 2.31. The number of carbonyl (C=O) groups is 1. The van der Waals surface area contributed by atoms with Crippen molar-refractivity contribution in [3.63, 3.8) is 0 Å². The Hall–Kier alpha value is -1.76. The van der Waals surface area contributed by atoms with E-state index in [1.807, 2.05) is 0 Å². The fraction of sp³-hybridized carbons (Fsp3) is 0.562. The molecular formula is C16H22F5NO5Si. The lowest BCUT2D eigenvalue weighted by Crippen LogP contribution is -2.45. The molecule has 1 N–H and O–H groups in total. The van der Waals surface area contributed by atoms with Gasteiger partial charge in [-0.2, -0.15) is 8.78 Å². The van der Waals surface area contributed by atoms with Crippen LogP contribution in [0.1, 0.15) is 26.7 Å². The van der Waals surface area contributed by atoms with Crippen molar-refractivity contribution < 1.29 is 44.8 Å². The minimum Gasteiger partial charge on any atom is -0.404 e. The van der Waals surface area contributed by atoms with Crippen molar-refractivity contribution in [3.05, 3.63) is 29.1 Å². The molecule has 160 valence electrons. The first-order valence-corrected chi connectivity index (χ1v) is 10.5. The lowest BCUT2D eigenvalue weighted by Gasteiger charge is -2.27. The quantitative estimate of drug-likeness (QED) is 0.189. The van der Waals surface area contributed by atoms with Crippen LogP contribution in [0.2, 0.25) is 6.04 Å². The molecule has 0 aromatic heterocycles. The predicted octanol–water partition coefficient (Wildman–Crippen LogP) is 3.91. The van der Waals surface area contributed by atoms with E-state index in [1.54, 1.807) is 13.8 Å². The minimum atomic E-state index is -2.80. The molecule has 0 aliphatic carbocycles. The van der Waals surface area contributed by atoms with Crippen LogP contribution >= 0.6 is 0 Å². The van der Waals surface area contributed by atoms with Crippen molar-refractivity contribution in [2.45, 2.75) is 32.7 Å². The van der Waals surface area contributed by atoms with Gasteiger partial charge in [0.2, 0.25) is 34.8 Å². The molecule has 0 unspecified atom stereocenters. The van der Waals surface area contributed by atoms with E-state index >= 15 is 0 Å². The zero-order valence-electron chi connectivity index (χ0n) is 15.7. The maximum absolute atomic E-state index is 13.5. The molecule has 0 heterocycles. The average Bonchev–Trinajstić information content (AvgIpc) is 2.68. The summed E-state index contributed by atoms with van der Waals surface area (Å²) < 4.78 is 86.8. The zero-order chi connectivity index (χ0) is 21.3. The number of benzene rings is 1. The van der Waals surface area contributed by atoms with Crippen LogP contribution in [0.3, 0.4) is 0 Å². The van der Waals surface area contributed by atoms with Crippen molar-refractivity contribution in [2.24, 2.45) is 0 Å². The van der Waals surface area contributed by atoms with Gasteiger partial charge in [-0.15, -0.1) is 0 Å². The molecule has 0 saturated carbocycles. The SMILES string of the molecule is CCO[Si](CCCCNC(=O)Oc1c(F)c(F)c(F)c(F)c1F)(OC)OCC. The molecule has 0 atom stereocenters. The third kappa shape index (κ3) is 6.12. The molecule has 0 bridgehead atoms. The van der Waals surface area contributed by atoms with Crippen molar-refractivity contribution in [3.8, 4) is 5.75 Å². The summed E-state index contributed by atoms with van der Waals surface area (Å²) in [5, 5.41) is 2.17. The Labute approximate surface area is 160 Å². The van der Waals surface area contributed by atoms with Crippen molar-refractivity contribution in [1.29, 1.82) is 0 Å². The van der Waals surface area contributed by atoms with Crippen LogP contribution in [0, 0.1) is 29.1 Å². The Morgan fingerprint density at radius 3 is 1.86 bits per heavy atom. The summed E-state index contributed by atoms with van der Waals surface area (Å²) >= 11 is 0. The van der Waals surface area contributed by atoms with Gasteiger partial charge >= 0.3 is 14.9 Å². The molecule has 0 aliphatic heterocycles. The van der Waals surface area contributed by atoms with E-state index < -0.39 is 49.7 Å². The van der Waals surface area contributed by atoms with Gasteiger partial charge in [-0.1, -0.05) is 0 Å². The van der Waals surface area contributed by atoms with E-state index in [0.29, 0.717) is 32.1 Å². The molecule has 0 fully saturated rings. The van der Waals surface area contributed by atoms with Gasteiger partial charge in [0.25, 0.3) is 0 Å². The number of amides is 1. The second-order valence-electron chi connectivity index (χ2n) is 5.43. The van der Waals surface area contributed by atoms with E-state index in [0.717, 1.165) is 0 Å². The highest BCUT2D eigenvalue weighted by atomic mass is 28.4. The Kier molecular flexibility index (Phi) is 9.79. The van der Waals surface area contributed by atoms with Crippen LogP contribution in [-0.4, -0.2) is 41.8 Å². The molecule has 1 rings (SSSR count). The topological polar surface area (TPSA) is 66.0 Å².